The fourth-order valence-electron chi connectivity index (χ4n) is 3.02. The molecular weight excluding hydrogens is 168 g/mol. The van der Waals surface area contributed by atoms with Gasteiger partial charge >= 0.3 is 0 Å². The molecule has 0 radical (unpaired) electrons. The van der Waals surface area contributed by atoms with Gasteiger partial charge in [0.05, 0.1) is 0 Å². The molecule has 0 aromatic carbocycles. The van der Waals surface area contributed by atoms with Gasteiger partial charge in [-0.25, -0.2) is 0 Å². The number of allylic oxidation sites excluding steroid dienone is 2. The molecule has 2 aliphatic carbocycles. The van der Waals surface area contributed by atoms with E-state index in [-0.39, 0.29) is 0 Å². The molecule has 0 heteroatoms. The van der Waals surface area contributed by atoms with E-state index in [1.807, 2.05) is 5.57 Å². The Morgan fingerprint density at radius 3 is 2.64 bits per heavy atom. The molecule has 2 unspecified atom stereocenters. The molecule has 1 saturated carbocycles. The molecule has 0 bridgehead atoms. The van der Waals surface area contributed by atoms with Gasteiger partial charge < -0.3 is 0 Å². The van der Waals surface area contributed by atoms with E-state index in [1.54, 1.807) is 0 Å². The Labute approximate surface area is 88.8 Å². The highest BCUT2D eigenvalue weighted by Crippen LogP contribution is 2.39. The molecule has 0 spiro atoms. The lowest BCUT2D eigenvalue weighted by Crippen LogP contribution is -2.13. The minimum atomic E-state index is 0.928. The Bertz CT molecular complexity index is 210. The monoisotopic (exact) mass is 192 g/mol. The summed E-state index contributed by atoms with van der Waals surface area (Å²) < 4.78 is 0. The lowest BCUT2D eigenvalue weighted by Gasteiger charge is -2.28. The van der Waals surface area contributed by atoms with E-state index in [0.717, 1.165) is 17.8 Å². The Morgan fingerprint density at radius 1 is 1.29 bits per heavy atom. The van der Waals surface area contributed by atoms with Crippen molar-refractivity contribution in [2.75, 3.05) is 0 Å². The molecule has 2 rings (SSSR count). The molecule has 14 heavy (non-hydrogen) atoms. The summed E-state index contributed by atoms with van der Waals surface area (Å²) in [5.41, 5.74) is 1.82. The van der Waals surface area contributed by atoms with Gasteiger partial charge in [-0.1, -0.05) is 38.3 Å². The fourth-order valence-corrected chi connectivity index (χ4v) is 3.02. The third-order valence-corrected chi connectivity index (χ3v) is 4.51. The third kappa shape index (κ3) is 2.04. The standard InChI is InChI=1S/C14H24/c1-3-12-9-10-14(8-7-11(12)2)13-5-4-6-13/h8,11-13H,3-7,9-10H2,1-2H3. The van der Waals surface area contributed by atoms with E-state index in [4.69, 9.17) is 0 Å². The number of hydrogen-bond acceptors (Lipinski definition) is 0. The van der Waals surface area contributed by atoms with E-state index in [0.29, 0.717) is 0 Å². The van der Waals surface area contributed by atoms with Crippen molar-refractivity contribution in [1.29, 1.82) is 0 Å². The zero-order chi connectivity index (χ0) is 9.97. The summed E-state index contributed by atoms with van der Waals surface area (Å²) in [7, 11) is 0. The second kappa shape index (κ2) is 4.51. The number of rotatable bonds is 2. The van der Waals surface area contributed by atoms with Crippen LogP contribution >= 0.6 is 0 Å². The van der Waals surface area contributed by atoms with Crippen molar-refractivity contribution in [3.63, 3.8) is 0 Å². The molecule has 0 aliphatic heterocycles. The first-order valence-electron chi connectivity index (χ1n) is 6.50. The third-order valence-electron chi connectivity index (χ3n) is 4.51. The van der Waals surface area contributed by atoms with Crippen LogP contribution in [0.4, 0.5) is 0 Å². The van der Waals surface area contributed by atoms with Crippen molar-refractivity contribution in [3.8, 4) is 0 Å². The quantitative estimate of drug-likeness (QED) is 0.563. The summed E-state index contributed by atoms with van der Waals surface area (Å²) in [5.74, 6) is 2.92. The van der Waals surface area contributed by atoms with Gasteiger partial charge in [0, 0.05) is 0 Å². The van der Waals surface area contributed by atoms with Crippen LogP contribution in [0.25, 0.3) is 0 Å². The molecule has 0 aromatic rings. The highest BCUT2D eigenvalue weighted by molar-refractivity contribution is 5.11. The van der Waals surface area contributed by atoms with Gasteiger partial charge in [-0.15, -0.1) is 0 Å². The van der Waals surface area contributed by atoms with Gasteiger partial charge in [0.1, 0.15) is 0 Å². The van der Waals surface area contributed by atoms with Gasteiger partial charge in [0.15, 0.2) is 0 Å². The molecule has 0 heterocycles. The van der Waals surface area contributed by atoms with Gasteiger partial charge in [-0.2, -0.15) is 0 Å². The van der Waals surface area contributed by atoms with Crippen LogP contribution in [-0.2, 0) is 0 Å². The van der Waals surface area contributed by atoms with E-state index in [2.05, 4.69) is 19.9 Å². The van der Waals surface area contributed by atoms with Gasteiger partial charge in [-0.05, 0) is 49.9 Å². The molecule has 2 atom stereocenters. The second-order valence-corrected chi connectivity index (χ2v) is 5.33. The van der Waals surface area contributed by atoms with E-state index < -0.39 is 0 Å². The predicted molar refractivity (Wildman–Crippen MR) is 62.2 cm³/mol. The molecule has 1 fully saturated rings. The Morgan fingerprint density at radius 2 is 2.07 bits per heavy atom. The molecule has 0 nitrogen and oxygen atoms in total. The average Bonchev–Trinajstić information content (AvgIpc) is 2.26. The highest BCUT2D eigenvalue weighted by Gasteiger charge is 2.25. The van der Waals surface area contributed by atoms with Crippen LogP contribution in [0.1, 0.15) is 58.8 Å². The first-order valence-corrected chi connectivity index (χ1v) is 6.50. The van der Waals surface area contributed by atoms with Crippen LogP contribution in [0.3, 0.4) is 0 Å². The van der Waals surface area contributed by atoms with Crippen LogP contribution in [0.15, 0.2) is 11.6 Å². The summed E-state index contributed by atoms with van der Waals surface area (Å²) in [6, 6.07) is 0. The Balaban J connectivity index is 1.94. The molecule has 0 aromatic heterocycles. The van der Waals surface area contributed by atoms with Crippen LogP contribution < -0.4 is 0 Å². The van der Waals surface area contributed by atoms with Crippen molar-refractivity contribution < 1.29 is 0 Å². The predicted octanol–water partition coefficient (Wildman–Crippen LogP) is 4.56. The summed E-state index contributed by atoms with van der Waals surface area (Å²) in [6.07, 6.45) is 12.6. The largest absolute Gasteiger partial charge is 0.0848 e. The maximum atomic E-state index is 2.59. The van der Waals surface area contributed by atoms with Gasteiger partial charge in [-0.3, -0.25) is 0 Å². The van der Waals surface area contributed by atoms with Crippen LogP contribution in [0, 0.1) is 17.8 Å². The normalized spacial score (nSPS) is 34.6. The first-order chi connectivity index (χ1) is 6.81. The van der Waals surface area contributed by atoms with Crippen LogP contribution in [0.5, 0.6) is 0 Å². The average molecular weight is 192 g/mol. The van der Waals surface area contributed by atoms with E-state index in [9.17, 15) is 0 Å². The Kier molecular flexibility index (Phi) is 3.30. The minimum Gasteiger partial charge on any atom is -0.0848 e. The molecule has 0 N–H and O–H groups in total. The van der Waals surface area contributed by atoms with Crippen molar-refractivity contribution >= 4 is 0 Å². The van der Waals surface area contributed by atoms with Crippen molar-refractivity contribution in [2.24, 2.45) is 17.8 Å². The summed E-state index contributed by atoms with van der Waals surface area (Å²) >= 11 is 0. The summed E-state index contributed by atoms with van der Waals surface area (Å²) in [5, 5.41) is 0. The van der Waals surface area contributed by atoms with Crippen molar-refractivity contribution in [1.82, 2.24) is 0 Å². The topological polar surface area (TPSA) is 0 Å². The van der Waals surface area contributed by atoms with Gasteiger partial charge in [0.2, 0.25) is 0 Å². The van der Waals surface area contributed by atoms with E-state index in [1.165, 1.54) is 44.9 Å². The minimum absolute atomic E-state index is 0.928. The first kappa shape index (κ1) is 10.3. The van der Waals surface area contributed by atoms with Crippen LogP contribution in [-0.4, -0.2) is 0 Å². The molecule has 2 aliphatic rings. The zero-order valence-corrected chi connectivity index (χ0v) is 9.76. The maximum Gasteiger partial charge on any atom is -0.0203 e. The van der Waals surface area contributed by atoms with Gasteiger partial charge in [0.25, 0.3) is 0 Å². The maximum absolute atomic E-state index is 2.59. The SMILES string of the molecule is CCC1CCC(C2CCC2)=CCC1C. The summed E-state index contributed by atoms with van der Waals surface area (Å²) in [6.45, 7) is 4.80. The summed E-state index contributed by atoms with van der Waals surface area (Å²) in [4.78, 5) is 0. The molecule has 0 saturated heterocycles. The van der Waals surface area contributed by atoms with E-state index >= 15 is 0 Å². The highest BCUT2D eigenvalue weighted by atomic mass is 14.3. The molecule has 0 amide bonds. The molecular formula is C14H24. The molecule has 80 valence electrons. The van der Waals surface area contributed by atoms with Crippen molar-refractivity contribution in [2.45, 2.75) is 58.8 Å². The smallest absolute Gasteiger partial charge is 0.0203 e. The zero-order valence-electron chi connectivity index (χ0n) is 9.76. The van der Waals surface area contributed by atoms with Crippen LogP contribution in [0.2, 0.25) is 0 Å². The Hall–Kier alpha value is -0.260. The fraction of sp³-hybridized carbons (Fsp3) is 0.857. The lowest BCUT2D eigenvalue weighted by atomic mass is 9.78. The number of hydrogen-bond donors (Lipinski definition) is 0. The van der Waals surface area contributed by atoms with Crippen molar-refractivity contribution in [3.05, 3.63) is 11.6 Å². The lowest BCUT2D eigenvalue weighted by molar-refractivity contribution is 0.325. The second-order valence-electron chi connectivity index (χ2n) is 5.33.